The van der Waals surface area contributed by atoms with Gasteiger partial charge in [0.2, 0.25) is 10.0 Å². The zero-order valence-corrected chi connectivity index (χ0v) is 19.0. The molecule has 0 aliphatic carbocycles. The molecular weight excluding hydrogens is 483 g/mol. The quantitative estimate of drug-likeness (QED) is 0.218. The van der Waals surface area contributed by atoms with Crippen molar-refractivity contribution in [3.8, 4) is 0 Å². The molecule has 24 heavy (non-hydrogen) atoms. The molecule has 0 aromatic carbocycles. The lowest BCUT2D eigenvalue weighted by atomic mass is 10.1. The maximum atomic E-state index is 12.0. The Morgan fingerprint density at radius 1 is 1.33 bits per heavy atom. The summed E-state index contributed by atoms with van der Waals surface area (Å²) in [4.78, 5) is 4.38. The Kier molecular flexibility index (Phi) is 11.5. The van der Waals surface area contributed by atoms with Gasteiger partial charge in [0, 0.05) is 19.1 Å². The fourth-order valence-electron chi connectivity index (χ4n) is 1.56. The van der Waals surface area contributed by atoms with Crippen molar-refractivity contribution in [2.24, 2.45) is 10.9 Å². The maximum absolute atomic E-state index is 12.0. The van der Waals surface area contributed by atoms with Gasteiger partial charge in [-0.25, -0.2) is 13.1 Å². The van der Waals surface area contributed by atoms with E-state index < -0.39 is 10.0 Å². The highest BCUT2D eigenvalue weighted by atomic mass is 127. The minimum Gasteiger partial charge on any atom is -0.357 e. The largest absolute Gasteiger partial charge is 0.357 e. The van der Waals surface area contributed by atoms with E-state index in [0.717, 1.165) is 17.9 Å². The summed E-state index contributed by atoms with van der Waals surface area (Å²) < 4.78 is 27.3. The summed E-state index contributed by atoms with van der Waals surface area (Å²) >= 11 is 6.80. The highest BCUT2D eigenvalue weighted by molar-refractivity contribution is 14.0. The fourth-order valence-corrected chi connectivity index (χ4v) is 4.11. The Bertz CT molecular complexity index is 620. The second-order valence-corrected chi connectivity index (χ2v) is 9.10. The van der Waals surface area contributed by atoms with E-state index >= 15 is 0 Å². The van der Waals surface area contributed by atoms with Crippen LogP contribution in [0.1, 0.15) is 27.7 Å². The van der Waals surface area contributed by atoms with E-state index in [0.29, 0.717) is 22.8 Å². The second kappa shape index (κ2) is 11.5. The SMILES string of the molecule is CCNC(=NCCNS(=O)(=O)c1ccc(Cl)s1)NC(C)C(C)C.I. The molecule has 10 heteroatoms. The molecule has 0 fully saturated rings. The molecule has 1 unspecified atom stereocenters. The highest BCUT2D eigenvalue weighted by Gasteiger charge is 2.15. The van der Waals surface area contributed by atoms with Crippen LogP contribution in [0.4, 0.5) is 0 Å². The van der Waals surface area contributed by atoms with E-state index in [1.165, 1.54) is 6.07 Å². The fraction of sp³-hybridized carbons (Fsp3) is 0.643. The van der Waals surface area contributed by atoms with Crippen molar-refractivity contribution >= 4 is 62.9 Å². The number of nitrogens with one attached hydrogen (secondary N) is 3. The number of nitrogens with zero attached hydrogens (tertiary/aromatic N) is 1. The number of sulfonamides is 1. The smallest absolute Gasteiger partial charge is 0.250 e. The molecule has 0 amide bonds. The Hall–Kier alpha value is -0.100. The Morgan fingerprint density at radius 3 is 2.50 bits per heavy atom. The standard InChI is InChI=1S/C14H25ClN4O2S2.HI/c1-5-16-14(19-11(4)10(2)3)17-8-9-18-23(20,21)13-7-6-12(15)22-13;/h6-7,10-11,18H,5,8-9H2,1-4H3,(H2,16,17,19);1H. The van der Waals surface area contributed by atoms with E-state index in [-0.39, 0.29) is 40.8 Å². The van der Waals surface area contributed by atoms with E-state index in [9.17, 15) is 8.42 Å². The average Bonchev–Trinajstić information content (AvgIpc) is 2.91. The van der Waals surface area contributed by atoms with Crippen molar-refractivity contribution in [3.05, 3.63) is 16.5 Å². The summed E-state index contributed by atoms with van der Waals surface area (Å²) in [5.41, 5.74) is 0. The first-order valence-electron chi connectivity index (χ1n) is 7.56. The van der Waals surface area contributed by atoms with E-state index in [4.69, 9.17) is 11.6 Å². The van der Waals surface area contributed by atoms with Gasteiger partial charge in [-0.3, -0.25) is 4.99 Å². The van der Waals surface area contributed by atoms with Crippen LogP contribution in [0.25, 0.3) is 0 Å². The van der Waals surface area contributed by atoms with Crippen molar-refractivity contribution in [1.82, 2.24) is 15.4 Å². The number of aliphatic imine (C=N–C) groups is 1. The number of halogens is 2. The van der Waals surface area contributed by atoms with Gasteiger partial charge in [0.1, 0.15) is 4.21 Å². The molecule has 0 spiro atoms. The summed E-state index contributed by atoms with van der Waals surface area (Å²) in [6.07, 6.45) is 0. The van der Waals surface area contributed by atoms with Crippen LogP contribution in [0.3, 0.4) is 0 Å². The summed E-state index contributed by atoms with van der Waals surface area (Å²) in [5.74, 6) is 1.16. The second-order valence-electron chi connectivity index (χ2n) is 5.39. The van der Waals surface area contributed by atoms with Crippen molar-refractivity contribution < 1.29 is 8.42 Å². The van der Waals surface area contributed by atoms with E-state index in [1.807, 2.05) is 6.92 Å². The molecule has 0 saturated heterocycles. The Balaban J connectivity index is 0.00000529. The summed E-state index contributed by atoms with van der Waals surface area (Å²) in [6.45, 7) is 9.64. The third-order valence-corrected chi connectivity index (χ3v) is 6.38. The monoisotopic (exact) mass is 508 g/mol. The zero-order chi connectivity index (χ0) is 17.5. The van der Waals surface area contributed by atoms with Crippen LogP contribution in [0.15, 0.2) is 21.3 Å². The van der Waals surface area contributed by atoms with Gasteiger partial charge in [0.05, 0.1) is 10.9 Å². The van der Waals surface area contributed by atoms with Gasteiger partial charge in [0.15, 0.2) is 5.96 Å². The molecule has 1 atom stereocenters. The van der Waals surface area contributed by atoms with Crippen LogP contribution in [0.5, 0.6) is 0 Å². The molecule has 0 aliphatic rings. The van der Waals surface area contributed by atoms with Crippen LogP contribution >= 0.6 is 46.9 Å². The topological polar surface area (TPSA) is 82.6 Å². The van der Waals surface area contributed by atoms with Gasteiger partial charge >= 0.3 is 0 Å². The number of hydrogen-bond donors (Lipinski definition) is 3. The number of guanidine groups is 1. The van der Waals surface area contributed by atoms with Gasteiger partial charge in [-0.15, -0.1) is 35.3 Å². The number of thiophene rings is 1. The minimum absolute atomic E-state index is 0. The lowest BCUT2D eigenvalue weighted by Gasteiger charge is -2.20. The normalized spacial score (nSPS) is 13.5. The lowest BCUT2D eigenvalue weighted by molar-refractivity contribution is 0.481. The first-order valence-corrected chi connectivity index (χ1v) is 10.2. The van der Waals surface area contributed by atoms with Crippen molar-refractivity contribution in [3.63, 3.8) is 0 Å². The van der Waals surface area contributed by atoms with Gasteiger partial charge in [-0.2, -0.15) is 0 Å². The van der Waals surface area contributed by atoms with Crippen molar-refractivity contribution in [2.45, 2.75) is 37.9 Å². The number of hydrogen-bond acceptors (Lipinski definition) is 4. The summed E-state index contributed by atoms with van der Waals surface area (Å²) in [7, 11) is -3.51. The molecule has 0 bridgehead atoms. The first-order chi connectivity index (χ1) is 10.8. The molecule has 1 aromatic rings. The molecule has 140 valence electrons. The Labute approximate surface area is 170 Å². The predicted molar refractivity (Wildman–Crippen MR) is 113 cm³/mol. The van der Waals surface area contributed by atoms with E-state index in [1.54, 1.807) is 6.07 Å². The third kappa shape index (κ3) is 8.32. The van der Waals surface area contributed by atoms with Gasteiger partial charge in [-0.1, -0.05) is 25.4 Å². The van der Waals surface area contributed by atoms with Gasteiger partial charge in [-0.05, 0) is 31.9 Å². The molecule has 3 N–H and O–H groups in total. The van der Waals surface area contributed by atoms with Gasteiger partial charge in [0.25, 0.3) is 0 Å². The van der Waals surface area contributed by atoms with E-state index in [2.05, 4.69) is 41.1 Å². The first kappa shape index (κ1) is 23.9. The summed E-state index contributed by atoms with van der Waals surface area (Å²) in [5, 5.41) is 6.44. The van der Waals surface area contributed by atoms with Crippen LogP contribution in [0, 0.1) is 5.92 Å². The van der Waals surface area contributed by atoms with Crippen molar-refractivity contribution in [2.75, 3.05) is 19.6 Å². The molecular formula is C14H26ClIN4O2S2. The highest BCUT2D eigenvalue weighted by Crippen LogP contribution is 2.25. The van der Waals surface area contributed by atoms with Gasteiger partial charge < -0.3 is 10.6 Å². The molecule has 6 nitrogen and oxygen atoms in total. The molecule has 0 aliphatic heterocycles. The zero-order valence-electron chi connectivity index (χ0n) is 14.3. The molecule has 1 aromatic heterocycles. The van der Waals surface area contributed by atoms with Crippen LogP contribution in [0.2, 0.25) is 4.34 Å². The minimum atomic E-state index is -3.51. The predicted octanol–water partition coefficient (Wildman–Crippen LogP) is 2.90. The van der Waals surface area contributed by atoms with Crippen molar-refractivity contribution in [1.29, 1.82) is 0 Å². The van der Waals surface area contributed by atoms with Crippen LogP contribution < -0.4 is 15.4 Å². The number of rotatable bonds is 8. The molecule has 0 saturated carbocycles. The third-order valence-electron chi connectivity index (χ3n) is 3.20. The van der Waals surface area contributed by atoms with Crippen LogP contribution in [-0.4, -0.2) is 40.1 Å². The lowest BCUT2D eigenvalue weighted by Crippen LogP contribution is -2.44. The summed E-state index contributed by atoms with van der Waals surface area (Å²) in [6, 6.07) is 3.34. The molecule has 1 heterocycles. The Morgan fingerprint density at radius 2 is 2.00 bits per heavy atom. The van der Waals surface area contributed by atoms with Crippen LogP contribution in [-0.2, 0) is 10.0 Å². The molecule has 1 rings (SSSR count). The average molecular weight is 509 g/mol. The maximum Gasteiger partial charge on any atom is 0.250 e. The molecule has 0 radical (unpaired) electrons.